The molecule has 0 radical (unpaired) electrons. The maximum absolute atomic E-state index is 12.5. The monoisotopic (exact) mass is 319 g/mol. The van der Waals surface area contributed by atoms with E-state index in [1.165, 1.54) is 13.1 Å². The SMILES string of the molecule is CCOC(=O)C1CCN(C(=O)c2ccnc(NC(C)=O)c2)CC1. The van der Waals surface area contributed by atoms with Gasteiger partial charge in [-0.2, -0.15) is 0 Å². The molecule has 1 aliphatic heterocycles. The number of hydrogen-bond acceptors (Lipinski definition) is 5. The van der Waals surface area contributed by atoms with E-state index in [0.717, 1.165) is 0 Å². The predicted octanol–water partition coefficient (Wildman–Crippen LogP) is 1.46. The summed E-state index contributed by atoms with van der Waals surface area (Å²) in [4.78, 5) is 41.0. The summed E-state index contributed by atoms with van der Waals surface area (Å²) in [5, 5.41) is 2.56. The van der Waals surface area contributed by atoms with E-state index in [1.807, 2.05) is 0 Å². The van der Waals surface area contributed by atoms with Crippen molar-refractivity contribution in [1.82, 2.24) is 9.88 Å². The third-order valence-electron chi connectivity index (χ3n) is 3.71. The number of amides is 2. The number of aromatic nitrogens is 1. The second-order valence-electron chi connectivity index (χ2n) is 5.43. The van der Waals surface area contributed by atoms with E-state index >= 15 is 0 Å². The molecular formula is C16H21N3O4. The molecule has 1 aromatic heterocycles. The zero-order chi connectivity index (χ0) is 16.8. The lowest BCUT2D eigenvalue weighted by molar-refractivity contribution is -0.149. The normalized spacial score (nSPS) is 15.1. The van der Waals surface area contributed by atoms with Crippen molar-refractivity contribution in [2.75, 3.05) is 25.0 Å². The van der Waals surface area contributed by atoms with Crippen LogP contribution in [0.5, 0.6) is 0 Å². The highest BCUT2D eigenvalue weighted by molar-refractivity contribution is 5.96. The molecule has 1 aromatic rings. The van der Waals surface area contributed by atoms with Gasteiger partial charge in [-0.05, 0) is 31.9 Å². The van der Waals surface area contributed by atoms with Gasteiger partial charge in [0.05, 0.1) is 12.5 Å². The molecule has 1 N–H and O–H groups in total. The van der Waals surface area contributed by atoms with Crippen LogP contribution in [-0.4, -0.2) is 47.4 Å². The van der Waals surface area contributed by atoms with Crippen LogP contribution >= 0.6 is 0 Å². The van der Waals surface area contributed by atoms with Crippen LogP contribution in [0.3, 0.4) is 0 Å². The Balaban J connectivity index is 1.97. The van der Waals surface area contributed by atoms with Gasteiger partial charge >= 0.3 is 5.97 Å². The summed E-state index contributed by atoms with van der Waals surface area (Å²) >= 11 is 0. The van der Waals surface area contributed by atoms with Gasteiger partial charge in [0.25, 0.3) is 5.91 Å². The molecule has 0 bridgehead atoms. The molecule has 2 heterocycles. The number of rotatable bonds is 4. The molecule has 23 heavy (non-hydrogen) atoms. The molecule has 0 unspecified atom stereocenters. The number of carbonyl (C=O) groups excluding carboxylic acids is 3. The van der Waals surface area contributed by atoms with Crippen molar-refractivity contribution in [3.05, 3.63) is 23.9 Å². The Labute approximate surface area is 135 Å². The smallest absolute Gasteiger partial charge is 0.309 e. The molecular weight excluding hydrogens is 298 g/mol. The van der Waals surface area contributed by atoms with Gasteiger partial charge in [0, 0.05) is 31.8 Å². The van der Waals surface area contributed by atoms with Gasteiger partial charge in [-0.15, -0.1) is 0 Å². The number of hydrogen-bond donors (Lipinski definition) is 1. The number of carbonyl (C=O) groups is 3. The summed E-state index contributed by atoms with van der Waals surface area (Å²) < 4.78 is 5.02. The first-order valence-electron chi connectivity index (χ1n) is 7.70. The molecule has 0 aromatic carbocycles. The van der Waals surface area contributed by atoms with E-state index in [9.17, 15) is 14.4 Å². The zero-order valence-corrected chi connectivity index (χ0v) is 13.4. The van der Waals surface area contributed by atoms with Crippen molar-refractivity contribution < 1.29 is 19.1 Å². The Kier molecular flexibility index (Phi) is 5.67. The van der Waals surface area contributed by atoms with E-state index in [0.29, 0.717) is 43.9 Å². The van der Waals surface area contributed by atoms with Gasteiger partial charge in [-0.1, -0.05) is 0 Å². The molecule has 0 spiro atoms. The summed E-state index contributed by atoms with van der Waals surface area (Å²) in [5.74, 6) is -0.328. The Morgan fingerprint density at radius 3 is 2.65 bits per heavy atom. The molecule has 0 atom stereocenters. The fourth-order valence-electron chi connectivity index (χ4n) is 2.57. The van der Waals surface area contributed by atoms with E-state index < -0.39 is 0 Å². The topological polar surface area (TPSA) is 88.6 Å². The van der Waals surface area contributed by atoms with Crippen LogP contribution in [0, 0.1) is 5.92 Å². The van der Waals surface area contributed by atoms with Crippen LogP contribution in [-0.2, 0) is 14.3 Å². The third kappa shape index (κ3) is 4.51. The summed E-state index contributed by atoms with van der Waals surface area (Å²) in [5.41, 5.74) is 0.471. The van der Waals surface area contributed by atoms with Crippen molar-refractivity contribution in [2.45, 2.75) is 26.7 Å². The van der Waals surface area contributed by atoms with E-state index in [-0.39, 0.29) is 23.7 Å². The predicted molar refractivity (Wildman–Crippen MR) is 83.8 cm³/mol. The minimum atomic E-state index is -0.239. The number of pyridine rings is 1. The average molecular weight is 319 g/mol. The highest BCUT2D eigenvalue weighted by Gasteiger charge is 2.28. The summed E-state index contributed by atoms with van der Waals surface area (Å²) in [7, 11) is 0. The molecule has 1 aliphatic rings. The molecule has 0 saturated carbocycles. The molecule has 0 aliphatic carbocycles. The van der Waals surface area contributed by atoms with E-state index in [1.54, 1.807) is 24.0 Å². The molecule has 2 amide bonds. The molecule has 124 valence electrons. The molecule has 7 nitrogen and oxygen atoms in total. The third-order valence-corrected chi connectivity index (χ3v) is 3.71. The lowest BCUT2D eigenvalue weighted by Crippen LogP contribution is -2.40. The van der Waals surface area contributed by atoms with Crippen molar-refractivity contribution >= 4 is 23.6 Å². The van der Waals surface area contributed by atoms with Crippen LogP contribution in [0.2, 0.25) is 0 Å². The average Bonchev–Trinajstić information content (AvgIpc) is 2.54. The van der Waals surface area contributed by atoms with Gasteiger partial charge < -0.3 is 15.0 Å². The van der Waals surface area contributed by atoms with Crippen LogP contribution in [0.15, 0.2) is 18.3 Å². The second-order valence-corrected chi connectivity index (χ2v) is 5.43. The number of ether oxygens (including phenoxy) is 1. The van der Waals surface area contributed by atoms with Crippen LogP contribution in [0.1, 0.15) is 37.0 Å². The Hall–Kier alpha value is -2.44. The number of nitrogens with zero attached hydrogens (tertiary/aromatic N) is 2. The molecule has 1 fully saturated rings. The number of piperidine rings is 1. The Bertz CT molecular complexity index is 595. The van der Waals surface area contributed by atoms with Gasteiger partial charge in [0.2, 0.25) is 5.91 Å². The minimum absolute atomic E-state index is 0.124. The summed E-state index contributed by atoms with van der Waals surface area (Å²) in [6.07, 6.45) is 2.70. The van der Waals surface area contributed by atoms with Gasteiger partial charge in [0.1, 0.15) is 5.82 Å². The number of likely N-dealkylation sites (tertiary alicyclic amines) is 1. The minimum Gasteiger partial charge on any atom is -0.466 e. The Morgan fingerprint density at radius 2 is 2.04 bits per heavy atom. The molecule has 2 rings (SSSR count). The molecule has 1 saturated heterocycles. The van der Waals surface area contributed by atoms with Crippen molar-refractivity contribution in [2.24, 2.45) is 5.92 Å². The largest absolute Gasteiger partial charge is 0.466 e. The maximum atomic E-state index is 12.5. The summed E-state index contributed by atoms with van der Waals surface area (Å²) in [6, 6.07) is 3.17. The first-order chi connectivity index (χ1) is 11.0. The van der Waals surface area contributed by atoms with E-state index in [4.69, 9.17) is 4.74 Å². The quantitative estimate of drug-likeness (QED) is 0.849. The zero-order valence-electron chi connectivity index (χ0n) is 13.4. The van der Waals surface area contributed by atoms with Crippen molar-refractivity contribution in [3.63, 3.8) is 0 Å². The first-order valence-corrected chi connectivity index (χ1v) is 7.70. The van der Waals surface area contributed by atoms with Crippen molar-refractivity contribution in [3.8, 4) is 0 Å². The first kappa shape index (κ1) is 16.9. The number of anilines is 1. The lowest BCUT2D eigenvalue weighted by Gasteiger charge is -2.31. The van der Waals surface area contributed by atoms with Gasteiger partial charge in [0.15, 0.2) is 0 Å². The maximum Gasteiger partial charge on any atom is 0.309 e. The van der Waals surface area contributed by atoms with Crippen LogP contribution in [0.25, 0.3) is 0 Å². The Morgan fingerprint density at radius 1 is 1.35 bits per heavy atom. The summed E-state index contributed by atoms with van der Waals surface area (Å²) in [6.45, 7) is 4.57. The fraction of sp³-hybridized carbons (Fsp3) is 0.500. The fourth-order valence-corrected chi connectivity index (χ4v) is 2.57. The van der Waals surface area contributed by atoms with Gasteiger partial charge in [-0.3, -0.25) is 14.4 Å². The second kappa shape index (κ2) is 7.71. The van der Waals surface area contributed by atoms with Crippen LogP contribution < -0.4 is 5.32 Å². The number of nitrogens with one attached hydrogen (secondary N) is 1. The van der Waals surface area contributed by atoms with Crippen molar-refractivity contribution in [1.29, 1.82) is 0 Å². The highest BCUT2D eigenvalue weighted by atomic mass is 16.5. The number of esters is 1. The lowest BCUT2D eigenvalue weighted by atomic mass is 9.96. The van der Waals surface area contributed by atoms with Gasteiger partial charge in [-0.25, -0.2) is 4.98 Å². The standard InChI is InChI=1S/C16H21N3O4/c1-3-23-16(22)12-5-8-19(9-6-12)15(21)13-4-7-17-14(10-13)18-11(2)20/h4,7,10,12H,3,5-6,8-9H2,1-2H3,(H,17,18,20). The molecule has 7 heteroatoms. The highest BCUT2D eigenvalue weighted by Crippen LogP contribution is 2.21. The van der Waals surface area contributed by atoms with Crippen LogP contribution in [0.4, 0.5) is 5.82 Å². The van der Waals surface area contributed by atoms with E-state index in [2.05, 4.69) is 10.3 Å².